The highest BCUT2D eigenvalue weighted by molar-refractivity contribution is 5.79. The Morgan fingerprint density at radius 3 is 3.29 bits per heavy atom. The van der Waals surface area contributed by atoms with E-state index in [9.17, 15) is 4.39 Å². The van der Waals surface area contributed by atoms with Crippen molar-refractivity contribution in [1.29, 1.82) is 0 Å². The molecule has 1 N–H and O–H groups in total. The van der Waals surface area contributed by atoms with E-state index >= 15 is 0 Å². The zero-order chi connectivity index (χ0) is 9.54. The van der Waals surface area contributed by atoms with Crippen molar-refractivity contribution in [1.82, 2.24) is 5.16 Å². The molecule has 14 heavy (non-hydrogen) atoms. The molecular formula is C10H7FN2O. The van der Waals surface area contributed by atoms with Crippen LogP contribution in [0.4, 0.5) is 10.1 Å². The molecule has 0 amide bonds. The molecule has 0 spiro atoms. The summed E-state index contributed by atoms with van der Waals surface area (Å²) in [5, 5.41) is 6.77. The minimum absolute atomic E-state index is 0.285. The summed E-state index contributed by atoms with van der Waals surface area (Å²) in [6, 6.07) is 4.91. The normalized spacial score (nSPS) is 12.9. The van der Waals surface area contributed by atoms with Gasteiger partial charge in [0, 0.05) is 17.8 Å². The van der Waals surface area contributed by atoms with Gasteiger partial charge in [0.25, 0.3) is 0 Å². The highest BCUT2D eigenvalue weighted by Crippen LogP contribution is 2.36. The fourth-order valence-electron chi connectivity index (χ4n) is 1.68. The molecule has 4 heteroatoms. The van der Waals surface area contributed by atoms with E-state index in [0.29, 0.717) is 17.9 Å². The summed E-state index contributed by atoms with van der Waals surface area (Å²) >= 11 is 0. The third-order valence-electron chi connectivity index (χ3n) is 2.35. The van der Waals surface area contributed by atoms with Gasteiger partial charge in [0.05, 0.1) is 11.8 Å². The maximum atomic E-state index is 13.5. The number of fused-ring (bicyclic) bond motifs is 3. The molecule has 3 nitrogen and oxygen atoms in total. The summed E-state index contributed by atoms with van der Waals surface area (Å²) in [5.41, 5.74) is 2.13. The summed E-state index contributed by atoms with van der Waals surface area (Å²) in [6.07, 6.45) is 1.61. The number of rotatable bonds is 0. The standard InChI is InChI=1S/C10H7FN2O/c11-7-2-1-3-8-9(7)10-6(4-12-8)5-13-14-10/h1-3,5,12H,4H2. The van der Waals surface area contributed by atoms with E-state index in [2.05, 4.69) is 10.5 Å². The Bertz CT molecular complexity index is 493. The van der Waals surface area contributed by atoms with Gasteiger partial charge in [0.1, 0.15) is 5.82 Å². The molecule has 0 atom stereocenters. The van der Waals surface area contributed by atoms with Crippen molar-refractivity contribution in [2.75, 3.05) is 5.32 Å². The molecule has 0 aliphatic carbocycles. The molecule has 1 aliphatic rings. The summed E-state index contributed by atoms with van der Waals surface area (Å²) in [4.78, 5) is 0. The van der Waals surface area contributed by atoms with Gasteiger partial charge >= 0.3 is 0 Å². The molecule has 1 aromatic heterocycles. The quantitative estimate of drug-likeness (QED) is 0.693. The molecule has 1 aliphatic heterocycles. The average molecular weight is 190 g/mol. The largest absolute Gasteiger partial charge is 0.380 e. The summed E-state index contributed by atoms with van der Waals surface area (Å²) in [6.45, 7) is 0.634. The van der Waals surface area contributed by atoms with E-state index in [1.807, 2.05) is 6.07 Å². The van der Waals surface area contributed by atoms with E-state index in [1.165, 1.54) is 6.07 Å². The van der Waals surface area contributed by atoms with Crippen LogP contribution in [0.25, 0.3) is 11.3 Å². The van der Waals surface area contributed by atoms with Gasteiger partial charge in [-0.25, -0.2) is 4.39 Å². The molecule has 0 saturated carbocycles. The summed E-state index contributed by atoms with van der Waals surface area (Å²) in [7, 11) is 0. The Labute approximate surface area is 79.5 Å². The Hall–Kier alpha value is -1.84. The van der Waals surface area contributed by atoms with Crippen molar-refractivity contribution in [3.63, 3.8) is 0 Å². The predicted molar refractivity (Wildman–Crippen MR) is 49.2 cm³/mol. The van der Waals surface area contributed by atoms with E-state index in [1.54, 1.807) is 12.3 Å². The molecule has 2 aromatic rings. The van der Waals surface area contributed by atoms with Gasteiger partial charge in [-0.3, -0.25) is 0 Å². The van der Waals surface area contributed by atoms with Gasteiger partial charge in [-0.05, 0) is 12.1 Å². The highest BCUT2D eigenvalue weighted by Gasteiger charge is 2.22. The van der Waals surface area contributed by atoms with Gasteiger partial charge in [0.2, 0.25) is 0 Å². The van der Waals surface area contributed by atoms with Crippen LogP contribution in [0.1, 0.15) is 5.56 Å². The first-order chi connectivity index (χ1) is 6.86. The van der Waals surface area contributed by atoms with Crippen LogP contribution in [0.5, 0.6) is 0 Å². The SMILES string of the molecule is Fc1cccc2c1-c1oncc1CN2. The minimum atomic E-state index is -0.285. The van der Waals surface area contributed by atoms with Gasteiger partial charge in [-0.1, -0.05) is 11.2 Å². The third kappa shape index (κ3) is 0.878. The molecular weight excluding hydrogens is 183 g/mol. The second-order valence-electron chi connectivity index (χ2n) is 3.20. The lowest BCUT2D eigenvalue weighted by Crippen LogP contribution is -2.07. The number of benzene rings is 1. The molecule has 0 saturated heterocycles. The first-order valence-electron chi connectivity index (χ1n) is 4.32. The van der Waals surface area contributed by atoms with Gasteiger partial charge in [0.15, 0.2) is 5.76 Å². The Balaban J connectivity index is 2.34. The molecule has 0 radical (unpaired) electrons. The Morgan fingerprint density at radius 2 is 2.36 bits per heavy atom. The number of anilines is 1. The second-order valence-corrected chi connectivity index (χ2v) is 3.20. The number of hydrogen-bond acceptors (Lipinski definition) is 3. The lowest BCUT2D eigenvalue weighted by Gasteiger charge is -2.16. The monoisotopic (exact) mass is 190 g/mol. The molecule has 0 unspecified atom stereocenters. The number of hydrogen-bond donors (Lipinski definition) is 1. The van der Waals surface area contributed by atoms with Crippen LogP contribution in [-0.4, -0.2) is 5.16 Å². The van der Waals surface area contributed by atoms with Crippen molar-refractivity contribution >= 4 is 5.69 Å². The predicted octanol–water partition coefficient (Wildman–Crippen LogP) is 2.41. The Kier molecular flexibility index (Phi) is 1.39. The minimum Gasteiger partial charge on any atom is -0.380 e. The number of halogens is 1. The molecule has 0 bridgehead atoms. The van der Waals surface area contributed by atoms with Gasteiger partial charge in [-0.15, -0.1) is 0 Å². The van der Waals surface area contributed by atoms with Gasteiger partial charge < -0.3 is 9.84 Å². The maximum absolute atomic E-state index is 13.5. The van der Waals surface area contributed by atoms with Crippen LogP contribution >= 0.6 is 0 Å². The van der Waals surface area contributed by atoms with E-state index in [-0.39, 0.29) is 5.82 Å². The van der Waals surface area contributed by atoms with Crippen LogP contribution in [0, 0.1) is 5.82 Å². The smallest absolute Gasteiger partial charge is 0.176 e. The van der Waals surface area contributed by atoms with E-state index < -0.39 is 0 Å². The molecule has 0 fully saturated rings. The fraction of sp³-hybridized carbons (Fsp3) is 0.100. The molecule has 70 valence electrons. The van der Waals surface area contributed by atoms with Crippen molar-refractivity contribution in [2.24, 2.45) is 0 Å². The first kappa shape index (κ1) is 7.55. The zero-order valence-corrected chi connectivity index (χ0v) is 7.25. The maximum Gasteiger partial charge on any atom is 0.176 e. The number of nitrogens with one attached hydrogen (secondary N) is 1. The van der Waals surface area contributed by atoms with E-state index in [0.717, 1.165) is 11.3 Å². The van der Waals surface area contributed by atoms with Crippen LogP contribution in [0.15, 0.2) is 28.9 Å². The molecule has 3 rings (SSSR count). The Morgan fingerprint density at radius 1 is 1.43 bits per heavy atom. The average Bonchev–Trinajstić information content (AvgIpc) is 2.65. The number of aromatic nitrogens is 1. The summed E-state index contributed by atoms with van der Waals surface area (Å²) in [5.74, 6) is 0.254. The van der Waals surface area contributed by atoms with Crippen molar-refractivity contribution < 1.29 is 8.91 Å². The second kappa shape index (κ2) is 2.57. The van der Waals surface area contributed by atoms with Gasteiger partial charge in [-0.2, -0.15) is 0 Å². The van der Waals surface area contributed by atoms with Crippen LogP contribution in [0.3, 0.4) is 0 Å². The third-order valence-corrected chi connectivity index (χ3v) is 2.35. The molecule has 1 aromatic carbocycles. The van der Waals surface area contributed by atoms with Crippen LogP contribution in [0.2, 0.25) is 0 Å². The fourth-order valence-corrected chi connectivity index (χ4v) is 1.68. The van der Waals surface area contributed by atoms with Crippen LogP contribution < -0.4 is 5.32 Å². The van der Waals surface area contributed by atoms with Crippen LogP contribution in [-0.2, 0) is 6.54 Å². The summed E-state index contributed by atoms with van der Waals surface area (Å²) < 4.78 is 18.5. The molecule has 2 heterocycles. The topological polar surface area (TPSA) is 38.1 Å². The van der Waals surface area contributed by atoms with Crippen molar-refractivity contribution in [3.05, 3.63) is 35.8 Å². The lowest BCUT2D eigenvalue weighted by molar-refractivity contribution is 0.429. The first-order valence-corrected chi connectivity index (χ1v) is 4.32. The lowest BCUT2D eigenvalue weighted by atomic mass is 10.0. The zero-order valence-electron chi connectivity index (χ0n) is 7.25. The van der Waals surface area contributed by atoms with Crippen molar-refractivity contribution in [3.8, 4) is 11.3 Å². The highest BCUT2D eigenvalue weighted by atomic mass is 19.1. The van der Waals surface area contributed by atoms with E-state index in [4.69, 9.17) is 4.52 Å². The number of nitrogens with zero attached hydrogens (tertiary/aromatic N) is 1. The van der Waals surface area contributed by atoms with Crippen molar-refractivity contribution in [2.45, 2.75) is 6.54 Å².